The summed E-state index contributed by atoms with van der Waals surface area (Å²) in [6, 6.07) is 8.64. The molecule has 1 saturated carbocycles. The van der Waals surface area contributed by atoms with E-state index in [4.69, 9.17) is 10.5 Å². The maximum Gasteiger partial charge on any atom is 0.123 e. The van der Waals surface area contributed by atoms with Gasteiger partial charge in [0.05, 0.1) is 7.11 Å². The lowest BCUT2D eigenvalue weighted by Gasteiger charge is -2.50. The average molecular weight is 248 g/mol. The zero-order valence-corrected chi connectivity index (χ0v) is 11.6. The second-order valence-corrected chi connectivity index (χ2v) is 5.53. The summed E-state index contributed by atoms with van der Waals surface area (Å²) in [4.78, 5) is 2.28. The third-order valence-electron chi connectivity index (χ3n) is 4.29. The van der Waals surface area contributed by atoms with Gasteiger partial charge < -0.3 is 15.4 Å². The highest BCUT2D eigenvalue weighted by Crippen LogP contribution is 2.52. The highest BCUT2D eigenvalue weighted by atomic mass is 16.5. The zero-order valence-electron chi connectivity index (χ0n) is 11.6. The molecule has 2 rings (SSSR count). The van der Waals surface area contributed by atoms with Crippen LogP contribution in [0.1, 0.15) is 30.9 Å². The lowest BCUT2D eigenvalue weighted by molar-refractivity contribution is 0.0268. The summed E-state index contributed by atoms with van der Waals surface area (Å²) in [5.41, 5.74) is 7.55. The standard InChI is InChI=1S/C15H24N2O/c1-17(2)14(15(11-16)9-6-10-15)12-7-4-5-8-13(12)18-3/h4-5,7-8,14H,6,9-11,16H2,1-3H3. The van der Waals surface area contributed by atoms with Gasteiger partial charge >= 0.3 is 0 Å². The Morgan fingerprint density at radius 2 is 2.00 bits per heavy atom. The Labute approximate surface area is 110 Å². The van der Waals surface area contributed by atoms with E-state index in [1.165, 1.54) is 24.8 Å². The summed E-state index contributed by atoms with van der Waals surface area (Å²) in [6.07, 6.45) is 3.71. The van der Waals surface area contributed by atoms with Crippen molar-refractivity contribution in [1.29, 1.82) is 0 Å². The van der Waals surface area contributed by atoms with Crippen LogP contribution in [0.4, 0.5) is 0 Å². The smallest absolute Gasteiger partial charge is 0.123 e. The van der Waals surface area contributed by atoms with E-state index < -0.39 is 0 Å². The van der Waals surface area contributed by atoms with Gasteiger partial charge in [-0.15, -0.1) is 0 Å². The Hall–Kier alpha value is -1.06. The number of nitrogens with two attached hydrogens (primary N) is 1. The molecule has 1 fully saturated rings. The van der Waals surface area contributed by atoms with E-state index >= 15 is 0 Å². The van der Waals surface area contributed by atoms with Gasteiger partial charge in [0, 0.05) is 17.0 Å². The molecule has 1 aromatic carbocycles. The molecule has 2 N–H and O–H groups in total. The largest absolute Gasteiger partial charge is 0.496 e. The summed E-state index contributed by atoms with van der Waals surface area (Å²) in [7, 11) is 6.00. The summed E-state index contributed by atoms with van der Waals surface area (Å²) in [5.74, 6) is 0.968. The van der Waals surface area contributed by atoms with Crippen molar-refractivity contribution in [2.75, 3.05) is 27.7 Å². The van der Waals surface area contributed by atoms with Gasteiger partial charge in [0.1, 0.15) is 5.75 Å². The van der Waals surface area contributed by atoms with Crippen LogP contribution < -0.4 is 10.5 Å². The molecule has 1 aliphatic rings. The van der Waals surface area contributed by atoms with Crippen LogP contribution in [0.3, 0.4) is 0 Å². The Morgan fingerprint density at radius 3 is 2.44 bits per heavy atom. The molecule has 1 unspecified atom stereocenters. The van der Waals surface area contributed by atoms with Crippen molar-refractivity contribution in [1.82, 2.24) is 4.90 Å². The van der Waals surface area contributed by atoms with Crippen molar-refractivity contribution in [3.63, 3.8) is 0 Å². The molecule has 0 aliphatic heterocycles. The molecule has 0 heterocycles. The van der Waals surface area contributed by atoms with E-state index in [0.29, 0.717) is 6.04 Å². The fourth-order valence-electron chi connectivity index (χ4n) is 3.27. The molecule has 3 heteroatoms. The predicted molar refractivity (Wildman–Crippen MR) is 74.8 cm³/mol. The number of hydrogen-bond acceptors (Lipinski definition) is 3. The zero-order chi connectivity index (χ0) is 13.2. The molecule has 0 saturated heterocycles. The van der Waals surface area contributed by atoms with Crippen LogP contribution in [0.2, 0.25) is 0 Å². The van der Waals surface area contributed by atoms with Crippen LogP contribution in [0.5, 0.6) is 5.75 Å². The lowest BCUT2D eigenvalue weighted by atomic mass is 9.62. The van der Waals surface area contributed by atoms with Gasteiger partial charge in [0.2, 0.25) is 0 Å². The number of benzene rings is 1. The lowest BCUT2D eigenvalue weighted by Crippen LogP contribution is -2.47. The topological polar surface area (TPSA) is 38.5 Å². The normalized spacial score (nSPS) is 19.4. The summed E-state index contributed by atoms with van der Waals surface area (Å²) in [5, 5.41) is 0. The Bertz CT molecular complexity index is 394. The average Bonchev–Trinajstić information content (AvgIpc) is 2.33. The van der Waals surface area contributed by atoms with E-state index in [2.05, 4.69) is 31.1 Å². The van der Waals surface area contributed by atoms with Crippen LogP contribution >= 0.6 is 0 Å². The van der Waals surface area contributed by atoms with Gasteiger partial charge in [0.25, 0.3) is 0 Å². The minimum Gasteiger partial charge on any atom is -0.496 e. The first-order valence-electron chi connectivity index (χ1n) is 6.64. The highest BCUT2D eigenvalue weighted by Gasteiger charge is 2.45. The second-order valence-electron chi connectivity index (χ2n) is 5.53. The number of nitrogens with zero attached hydrogens (tertiary/aromatic N) is 1. The summed E-state index contributed by atoms with van der Waals surface area (Å²) >= 11 is 0. The molecule has 1 aromatic rings. The molecule has 0 amide bonds. The van der Waals surface area contributed by atoms with E-state index in [1.54, 1.807) is 7.11 Å². The third kappa shape index (κ3) is 2.13. The molecule has 1 atom stereocenters. The molecule has 0 radical (unpaired) electrons. The molecule has 100 valence electrons. The highest BCUT2D eigenvalue weighted by molar-refractivity contribution is 5.37. The van der Waals surface area contributed by atoms with Crippen molar-refractivity contribution in [2.45, 2.75) is 25.3 Å². The summed E-state index contributed by atoms with van der Waals surface area (Å²) < 4.78 is 5.52. The molecule has 3 nitrogen and oxygen atoms in total. The van der Waals surface area contributed by atoms with Crippen molar-refractivity contribution >= 4 is 0 Å². The molecule has 1 aliphatic carbocycles. The van der Waals surface area contributed by atoms with Gasteiger partial charge in [0.15, 0.2) is 0 Å². The quantitative estimate of drug-likeness (QED) is 0.869. The number of hydrogen-bond donors (Lipinski definition) is 1. The molecule has 0 bridgehead atoms. The van der Waals surface area contributed by atoms with Crippen LogP contribution in [0.25, 0.3) is 0 Å². The molecule has 18 heavy (non-hydrogen) atoms. The number of para-hydroxylation sites is 1. The molecule has 0 spiro atoms. The first-order valence-corrected chi connectivity index (χ1v) is 6.64. The first-order chi connectivity index (χ1) is 8.64. The summed E-state index contributed by atoms with van der Waals surface area (Å²) in [6.45, 7) is 0.744. The van der Waals surface area contributed by atoms with Crippen molar-refractivity contribution in [3.05, 3.63) is 29.8 Å². The molecular formula is C15H24N2O. The van der Waals surface area contributed by atoms with E-state index in [0.717, 1.165) is 12.3 Å². The van der Waals surface area contributed by atoms with Gasteiger partial charge in [-0.1, -0.05) is 24.6 Å². The van der Waals surface area contributed by atoms with E-state index in [-0.39, 0.29) is 5.41 Å². The minimum atomic E-state index is 0.220. The van der Waals surface area contributed by atoms with Gasteiger partial charge in [-0.2, -0.15) is 0 Å². The van der Waals surface area contributed by atoms with E-state index in [9.17, 15) is 0 Å². The fourth-order valence-corrected chi connectivity index (χ4v) is 3.27. The van der Waals surface area contributed by atoms with Crippen LogP contribution in [0.15, 0.2) is 24.3 Å². The van der Waals surface area contributed by atoms with E-state index in [1.807, 2.05) is 12.1 Å². The van der Waals surface area contributed by atoms with Crippen LogP contribution in [0, 0.1) is 5.41 Å². The second kappa shape index (κ2) is 5.29. The van der Waals surface area contributed by atoms with Crippen molar-refractivity contribution in [3.8, 4) is 5.75 Å². The number of ether oxygens (including phenoxy) is 1. The van der Waals surface area contributed by atoms with Crippen LogP contribution in [-0.4, -0.2) is 32.6 Å². The molecule has 0 aromatic heterocycles. The monoisotopic (exact) mass is 248 g/mol. The van der Waals surface area contributed by atoms with Gasteiger partial charge in [-0.05, 0) is 39.5 Å². The Kier molecular flexibility index (Phi) is 3.93. The third-order valence-corrected chi connectivity index (χ3v) is 4.29. The predicted octanol–water partition coefficient (Wildman–Crippen LogP) is 2.43. The van der Waals surface area contributed by atoms with Crippen molar-refractivity contribution < 1.29 is 4.74 Å². The van der Waals surface area contributed by atoms with Crippen LogP contribution in [-0.2, 0) is 0 Å². The minimum absolute atomic E-state index is 0.220. The molecular weight excluding hydrogens is 224 g/mol. The number of rotatable bonds is 5. The van der Waals surface area contributed by atoms with Crippen molar-refractivity contribution in [2.24, 2.45) is 11.1 Å². The maximum atomic E-state index is 6.07. The Balaban J connectivity index is 2.41. The first kappa shape index (κ1) is 13.4. The Morgan fingerprint density at radius 1 is 1.33 bits per heavy atom. The maximum absolute atomic E-state index is 6.07. The SMILES string of the molecule is COc1ccccc1C(N(C)C)C1(CN)CCC1. The number of methoxy groups -OCH3 is 1. The van der Waals surface area contributed by atoms with Gasteiger partial charge in [-0.25, -0.2) is 0 Å². The fraction of sp³-hybridized carbons (Fsp3) is 0.600. The van der Waals surface area contributed by atoms with Gasteiger partial charge in [-0.3, -0.25) is 0 Å².